The maximum Gasteiger partial charge on any atom is 0.192 e. The summed E-state index contributed by atoms with van der Waals surface area (Å²) in [6.45, 7) is 18.9. The molecular formula is C28H46O2Si. The summed E-state index contributed by atoms with van der Waals surface area (Å²) in [7, 11) is -1.73. The van der Waals surface area contributed by atoms with Crippen molar-refractivity contribution >= 4 is 14.1 Å². The van der Waals surface area contributed by atoms with Crippen molar-refractivity contribution in [3.05, 3.63) is 23.3 Å². The number of ketones is 1. The van der Waals surface area contributed by atoms with Gasteiger partial charge in [0, 0.05) is 18.4 Å². The molecule has 2 nitrogen and oxygen atoms in total. The van der Waals surface area contributed by atoms with Gasteiger partial charge in [-0.1, -0.05) is 64.8 Å². The van der Waals surface area contributed by atoms with Crippen LogP contribution in [0.5, 0.6) is 0 Å². The third-order valence-corrected chi connectivity index (χ3v) is 15.1. The van der Waals surface area contributed by atoms with Crippen LogP contribution >= 0.6 is 0 Å². The molecule has 4 aliphatic carbocycles. The summed E-state index contributed by atoms with van der Waals surface area (Å²) < 4.78 is 6.85. The summed E-state index contributed by atoms with van der Waals surface area (Å²) in [6, 6.07) is 0. The summed E-state index contributed by atoms with van der Waals surface area (Å²) >= 11 is 0. The number of hydrogen-bond donors (Lipinski definition) is 0. The first-order chi connectivity index (χ1) is 14.3. The third kappa shape index (κ3) is 3.66. The highest BCUT2D eigenvalue weighted by atomic mass is 28.4. The van der Waals surface area contributed by atoms with Gasteiger partial charge in [0.2, 0.25) is 0 Å². The van der Waals surface area contributed by atoms with E-state index in [1.54, 1.807) is 11.1 Å². The Balaban J connectivity index is 1.57. The van der Waals surface area contributed by atoms with E-state index in [2.05, 4.69) is 59.9 Å². The monoisotopic (exact) mass is 442 g/mol. The number of Topliss-reactive ketones (excluding diaryl/α,β-unsaturated/α-hetero) is 1. The molecule has 0 aromatic heterocycles. The van der Waals surface area contributed by atoms with Crippen LogP contribution in [0.3, 0.4) is 0 Å². The molecule has 31 heavy (non-hydrogen) atoms. The van der Waals surface area contributed by atoms with Crippen molar-refractivity contribution in [2.24, 2.45) is 28.6 Å². The van der Waals surface area contributed by atoms with Gasteiger partial charge in [0.25, 0.3) is 0 Å². The molecule has 6 atom stereocenters. The van der Waals surface area contributed by atoms with Crippen molar-refractivity contribution in [3.63, 3.8) is 0 Å². The van der Waals surface area contributed by atoms with Crippen LogP contribution in [-0.2, 0) is 9.22 Å². The maximum absolute atomic E-state index is 12.7. The van der Waals surface area contributed by atoms with Crippen LogP contribution in [0.15, 0.2) is 23.3 Å². The number of allylic oxidation sites excluding steroid dienone is 3. The molecule has 0 N–H and O–H groups in total. The lowest BCUT2D eigenvalue weighted by molar-refractivity contribution is -0.126. The van der Waals surface area contributed by atoms with Crippen molar-refractivity contribution in [1.29, 1.82) is 0 Å². The second-order valence-electron chi connectivity index (χ2n) is 13.1. The van der Waals surface area contributed by atoms with Gasteiger partial charge in [0.05, 0.1) is 0 Å². The van der Waals surface area contributed by atoms with Crippen molar-refractivity contribution < 1.29 is 9.22 Å². The predicted molar refractivity (Wildman–Crippen MR) is 133 cm³/mol. The molecule has 3 fully saturated rings. The number of hydrogen-bond acceptors (Lipinski definition) is 2. The molecule has 174 valence electrons. The molecule has 3 saturated carbocycles. The minimum absolute atomic E-state index is 0.194. The zero-order valence-electron chi connectivity index (χ0n) is 21.4. The molecule has 3 heteroatoms. The molecule has 0 aromatic carbocycles. The number of fused-ring (bicyclic) bond motifs is 5. The second kappa shape index (κ2) is 7.69. The average molecular weight is 443 g/mol. The van der Waals surface area contributed by atoms with E-state index in [0.717, 1.165) is 12.8 Å². The van der Waals surface area contributed by atoms with E-state index in [4.69, 9.17) is 4.43 Å². The minimum Gasteiger partial charge on any atom is -0.414 e. The van der Waals surface area contributed by atoms with Crippen LogP contribution in [0.4, 0.5) is 0 Å². The first kappa shape index (κ1) is 23.5. The Morgan fingerprint density at radius 3 is 2.42 bits per heavy atom. The second-order valence-corrected chi connectivity index (χ2v) is 17.9. The molecule has 0 saturated heterocycles. The normalized spacial score (nSPS) is 40.4. The first-order valence-corrected chi connectivity index (χ1v) is 15.9. The fraction of sp³-hybridized carbons (Fsp3) is 0.821. The topological polar surface area (TPSA) is 26.3 Å². The fourth-order valence-electron chi connectivity index (χ4n) is 7.44. The quantitative estimate of drug-likeness (QED) is 0.414. The van der Waals surface area contributed by atoms with Gasteiger partial charge in [-0.15, -0.1) is 0 Å². The van der Waals surface area contributed by atoms with E-state index in [1.807, 2.05) is 6.92 Å². The summed E-state index contributed by atoms with van der Waals surface area (Å²) in [5.41, 5.74) is 3.82. The van der Waals surface area contributed by atoms with Gasteiger partial charge in [-0.2, -0.15) is 0 Å². The first-order valence-electron chi connectivity index (χ1n) is 12.9. The number of carbonyl (C=O) groups is 1. The largest absolute Gasteiger partial charge is 0.414 e. The van der Waals surface area contributed by atoms with E-state index in [-0.39, 0.29) is 16.4 Å². The lowest BCUT2D eigenvalue weighted by atomic mass is 9.50. The van der Waals surface area contributed by atoms with E-state index < -0.39 is 8.32 Å². The van der Waals surface area contributed by atoms with Crippen molar-refractivity contribution in [3.8, 4) is 0 Å². The fourth-order valence-corrected chi connectivity index (χ4v) is 8.83. The van der Waals surface area contributed by atoms with Gasteiger partial charge in [-0.3, -0.25) is 4.79 Å². The standard InChI is InChI=1S/C28H46O2Si/c1-9-25(29)24-13-12-22-21-11-10-19-18-20(30-31(7,8)26(2,3)4)14-16-27(19,5)23(21)15-17-28(22,24)6/h10-11,20,22-24H,9,12-18H2,1-8H3/t20?,22-,23-,24+,27-,28-/m0/s1. The Kier molecular flexibility index (Phi) is 5.82. The van der Waals surface area contributed by atoms with Crippen LogP contribution in [0.2, 0.25) is 18.1 Å². The lowest BCUT2D eigenvalue weighted by Gasteiger charge is -2.55. The Morgan fingerprint density at radius 2 is 1.77 bits per heavy atom. The molecule has 0 aromatic rings. The molecule has 0 radical (unpaired) electrons. The SMILES string of the molecule is CCC(=O)[C@H]1CC[C@H]2C3=CC=C4CC(O[Si](C)(C)C(C)(C)C)CC[C@]4(C)[C@H]3CC[C@]12C. The number of carbonyl (C=O) groups excluding carboxylic acids is 1. The van der Waals surface area contributed by atoms with Crippen LogP contribution in [0, 0.1) is 28.6 Å². The summed E-state index contributed by atoms with van der Waals surface area (Å²) in [4.78, 5) is 12.7. The van der Waals surface area contributed by atoms with E-state index in [1.165, 1.54) is 32.1 Å². The average Bonchev–Trinajstić information content (AvgIpc) is 3.04. The van der Waals surface area contributed by atoms with Crippen LogP contribution in [-0.4, -0.2) is 20.2 Å². The maximum atomic E-state index is 12.7. The molecule has 0 heterocycles. The van der Waals surface area contributed by atoms with Crippen LogP contribution < -0.4 is 0 Å². The zero-order valence-corrected chi connectivity index (χ0v) is 22.4. The van der Waals surface area contributed by atoms with Crippen LogP contribution in [0.1, 0.15) is 92.9 Å². The van der Waals surface area contributed by atoms with Gasteiger partial charge in [-0.05, 0) is 85.7 Å². The van der Waals surface area contributed by atoms with Crippen LogP contribution in [0.25, 0.3) is 0 Å². The summed E-state index contributed by atoms with van der Waals surface area (Å²) in [6.07, 6.45) is 14.4. The van der Waals surface area contributed by atoms with E-state index in [9.17, 15) is 4.79 Å². The summed E-state index contributed by atoms with van der Waals surface area (Å²) in [5.74, 6) is 2.08. The van der Waals surface area contributed by atoms with Gasteiger partial charge in [0.15, 0.2) is 8.32 Å². The Morgan fingerprint density at radius 1 is 1.06 bits per heavy atom. The van der Waals surface area contributed by atoms with E-state index in [0.29, 0.717) is 35.6 Å². The van der Waals surface area contributed by atoms with Crippen molar-refractivity contribution in [2.45, 2.75) is 117 Å². The van der Waals surface area contributed by atoms with Gasteiger partial charge >= 0.3 is 0 Å². The lowest BCUT2D eigenvalue weighted by Crippen LogP contribution is -2.49. The van der Waals surface area contributed by atoms with E-state index >= 15 is 0 Å². The molecule has 0 bridgehead atoms. The highest BCUT2D eigenvalue weighted by molar-refractivity contribution is 6.74. The third-order valence-electron chi connectivity index (χ3n) is 10.5. The van der Waals surface area contributed by atoms with Gasteiger partial charge in [-0.25, -0.2) is 0 Å². The molecule has 4 aliphatic rings. The number of rotatable bonds is 4. The highest BCUT2D eigenvalue weighted by Gasteiger charge is 2.57. The van der Waals surface area contributed by atoms with Crippen molar-refractivity contribution in [2.75, 3.05) is 0 Å². The molecule has 1 unspecified atom stereocenters. The molecule has 0 amide bonds. The Hall–Kier alpha value is -0.673. The van der Waals surface area contributed by atoms with Gasteiger partial charge in [0.1, 0.15) is 5.78 Å². The predicted octanol–water partition coefficient (Wildman–Crippen LogP) is 7.86. The molecule has 0 aliphatic heterocycles. The zero-order chi connectivity index (χ0) is 22.8. The molecule has 4 rings (SSSR count). The van der Waals surface area contributed by atoms with Gasteiger partial charge < -0.3 is 4.43 Å². The Labute approximate surface area is 192 Å². The molecular weight excluding hydrogens is 396 g/mol. The summed E-state index contributed by atoms with van der Waals surface area (Å²) in [5, 5.41) is 0.268. The minimum atomic E-state index is -1.73. The molecule has 0 spiro atoms. The smallest absolute Gasteiger partial charge is 0.192 e. The highest BCUT2D eigenvalue weighted by Crippen LogP contribution is 2.65. The Bertz CT molecular complexity index is 800. The van der Waals surface area contributed by atoms with Crippen molar-refractivity contribution in [1.82, 2.24) is 0 Å².